The zero-order valence-electron chi connectivity index (χ0n) is 10.4. The first kappa shape index (κ1) is 12.5. The van der Waals surface area contributed by atoms with Gasteiger partial charge in [0.15, 0.2) is 0 Å². The Morgan fingerprint density at radius 2 is 2.00 bits per heavy atom. The Hall–Kier alpha value is -1.91. The second-order valence-electron chi connectivity index (χ2n) is 4.46. The Labute approximate surface area is 105 Å². The van der Waals surface area contributed by atoms with E-state index in [-0.39, 0.29) is 17.9 Å². The summed E-state index contributed by atoms with van der Waals surface area (Å²) in [7, 11) is 0. The molecule has 0 saturated heterocycles. The van der Waals surface area contributed by atoms with Crippen LogP contribution in [-0.2, 0) is 9.59 Å². The summed E-state index contributed by atoms with van der Waals surface area (Å²) >= 11 is 0. The fraction of sp³-hybridized carbons (Fsp3) is 0.385. The number of hydrogen-bond donors (Lipinski definition) is 1. The molecule has 0 aromatic heterocycles. The van der Waals surface area contributed by atoms with Gasteiger partial charge in [-0.25, -0.2) is 4.39 Å². The number of nitrogens with one attached hydrogen (secondary N) is 1. The van der Waals surface area contributed by atoms with Crippen LogP contribution in [0.15, 0.2) is 18.2 Å². The van der Waals surface area contributed by atoms with Gasteiger partial charge in [0.1, 0.15) is 5.82 Å². The van der Waals surface area contributed by atoms with Gasteiger partial charge in [0.05, 0.1) is 11.4 Å². The van der Waals surface area contributed by atoms with E-state index >= 15 is 0 Å². The van der Waals surface area contributed by atoms with Crippen molar-refractivity contribution in [1.82, 2.24) is 0 Å². The van der Waals surface area contributed by atoms with Crippen LogP contribution in [0, 0.1) is 5.82 Å². The molecular formula is C13H15FN2O2. The molecule has 1 aromatic carbocycles. The SMILES string of the molecule is CC(=O)Nc1cc(F)ccc1N(C(C)=O)C1CC1. The molecule has 96 valence electrons. The van der Waals surface area contributed by atoms with Gasteiger partial charge >= 0.3 is 0 Å². The summed E-state index contributed by atoms with van der Waals surface area (Å²) < 4.78 is 13.2. The summed E-state index contributed by atoms with van der Waals surface area (Å²) in [5.41, 5.74) is 0.895. The summed E-state index contributed by atoms with van der Waals surface area (Å²) in [5.74, 6) is -0.835. The second kappa shape index (κ2) is 4.76. The van der Waals surface area contributed by atoms with Crippen LogP contribution in [0.2, 0.25) is 0 Å². The first-order chi connectivity index (χ1) is 8.49. The Kier molecular flexibility index (Phi) is 3.32. The van der Waals surface area contributed by atoms with Crippen molar-refractivity contribution >= 4 is 23.2 Å². The van der Waals surface area contributed by atoms with Gasteiger partial charge < -0.3 is 10.2 Å². The van der Waals surface area contributed by atoms with Crippen LogP contribution in [-0.4, -0.2) is 17.9 Å². The van der Waals surface area contributed by atoms with E-state index in [0.29, 0.717) is 11.4 Å². The molecular weight excluding hydrogens is 235 g/mol. The van der Waals surface area contributed by atoms with Crippen LogP contribution < -0.4 is 10.2 Å². The van der Waals surface area contributed by atoms with Gasteiger partial charge in [0, 0.05) is 19.9 Å². The third kappa shape index (κ3) is 2.67. The van der Waals surface area contributed by atoms with Crippen molar-refractivity contribution in [3.63, 3.8) is 0 Å². The number of rotatable bonds is 3. The molecule has 5 heteroatoms. The third-order valence-corrected chi connectivity index (χ3v) is 2.78. The maximum absolute atomic E-state index is 13.2. The van der Waals surface area contributed by atoms with Crippen LogP contribution in [0.3, 0.4) is 0 Å². The molecule has 0 aliphatic heterocycles. The molecule has 1 aliphatic rings. The third-order valence-electron chi connectivity index (χ3n) is 2.78. The van der Waals surface area contributed by atoms with E-state index in [2.05, 4.69) is 5.32 Å². The van der Waals surface area contributed by atoms with Gasteiger partial charge in [-0.1, -0.05) is 0 Å². The quantitative estimate of drug-likeness (QED) is 0.894. The Bertz CT molecular complexity index is 498. The first-order valence-corrected chi connectivity index (χ1v) is 5.86. The van der Waals surface area contributed by atoms with E-state index in [0.717, 1.165) is 12.8 Å². The maximum Gasteiger partial charge on any atom is 0.224 e. The lowest BCUT2D eigenvalue weighted by molar-refractivity contribution is -0.117. The number of carbonyl (C=O) groups excluding carboxylic acids is 2. The van der Waals surface area contributed by atoms with Crippen molar-refractivity contribution in [3.8, 4) is 0 Å². The monoisotopic (exact) mass is 250 g/mol. The summed E-state index contributed by atoms with van der Waals surface area (Å²) in [4.78, 5) is 24.4. The highest BCUT2D eigenvalue weighted by molar-refractivity contribution is 6.00. The zero-order chi connectivity index (χ0) is 13.3. The Balaban J connectivity index is 2.40. The van der Waals surface area contributed by atoms with Gasteiger partial charge in [0.25, 0.3) is 0 Å². The van der Waals surface area contributed by atoms with Crippen molar-refractivity contribution < 1.29 is 14.0 Å². The van der Waals surface area contributed by atoms with Crippen LogP contribution in [0.4, 0.5) is 15.8 Å². The van der Waals surface area contributed by atoms with Crippen LogP contribution in [0.5, 0.6) is 0 Å². The van der Waals surface area contributed by atoms with Gasteiger partial charge in [-0.2, -0.15) is 0 Å². The highest BCUT2D eigenvalue weighted by Crippen LogP contribution is 2.36. The lowest BCUT2D eigenvalue weighted by atomic mass is 10.2. The van der Waals surface area contributed by atoms with Crippen molar-refractivity contribution in [2.24, 2.45) is 0 Å². The Morgan fingerprint density at radius 3 is 2.50 bits per heavy atom. The molecule has 4 nitrogen and oxygen atoms in total. The molecule has 0 unspecified atom stereocenters. The minimum Gasteiger partial charge on any atom is -0.324 e. The van der Waals surface area contributed by atoms with Crippen molar-refractivity contribution in [3.05, 3.63) is 24.0 Å². The molecule has 2 rings (SSSR count). The normalized spacial score (nSPS) is 14.2. The number of anilines is 2. The fourth-order valence-electron chi connectivity index (χ4n) is 1.96. The molecule has 1 aromatic rings. The summed E-state index contributed by atoms with van der Waals surface area (Å²) in [6.45, 7) is 2.82. The first-order valence-electron chi connectivity index (χ1n) is 5.86. The number of carbonyl (C=O) groups is 2. The standard InChI is InChI=1S/C13H15FN2O2/c1-8(17)15-12-7-10(14)3-6-13(12)16(9(2)18)11-4-5-11/h3,6-7,11H,4-5H2,1-2H3,(H,15,17). The number of nitrogens with zero attached hydrogens (tertiary/aromatic N) is 1. The minimum absolute atomic E-state index is 0.101. The largest absolute Gasteiger partial charge is 0.324 e. The number of amides is 2. The lowest BCUT2D eigenvalue weighted by Gasteiger charge is -2.23. The smallest absolute Gasteiger partial charge is 0.224 e. The van der Waals surface area contributed by atoms with E-state index < -0.39 is 5.82 Å². The van der Waals surface area contributed by atoms with E-state index in [9.17, 15) is 14.0 Å². The molecule has 1 saturated carbocycles. The molecule has 0 atom stereocenters. The maximum atomic E-state index is 13.2. The summed E-state index contributed by atoms with van der Waals surface area (Å²) in [5, 5.41) is 2.56. The highest BCUT2D eigenvalue weighted by atomic mass is 19.1. The predicted molar refractivity (Wildman–Crippen MR) is 66.9 cm³/mol. The van der Waals surface area contributed by atoms with Crippen molar-refractivity contribution in [2.75, 3.05) is 10.2 Å². The van der Waals surface area contributed by atoms with E-state index in [1.807, 2.05) is 0 Å². The Morgan fingerprint density at radius 1 is 1.33 bits per heavy atom. The number of halogens is 1. The molecule has 0 spiro atoms. The molecule has 1 N–H and O–H groups in total. The highest BCUT2D eigenvalue weighted by Gasteiger charge is 2.33. The topological polar surface area (TPSA) is 49.4 Å². The predicted octanol–water partition coefficient (Wildman–Crippen LogP) is 2.30. The van der Waals surface area contributed by atoms with Crippen molar-refractivity contribution in [1.29, 1.82) is 0 Å². The van der Waals surface area contributed by atoms with E-state index in [1.54, 1.807) is 4.90 Å². The van der Waals surface area contributed by atoms with Crippen LogP contribution in [0.1, 0.15) is 26.7 Å². The van der Waals surface area contributed by atoms with Crippen LogP contribution in [0.25, 0.3) is 0 Å². The molecule has 0 heterocycles. The summed E-state index contributed by atoms with van der Waals surface area (Å²) in [6, 6.07) is 4.22. The number of hydrogen-bond acceptors (Lipinski definition) is 2. The second-order valence-corrected chi connectivity index (χ2v) is 4.46. The van der Waals surface area contributed by atoms with Gasteiger partial charge in [-0.15, -0.1) is 0 Å². The average molecular weight is 250 g/mol. The molecule has 0 radical (unpaired) electrons. The van der Waals surface area contributed by atoms with Crippen LogP contribution >= 0.6 is 0 Å². The number of benzene rings is 1. The van der Waals surface area contributed by atoms with Gasteiger partial charge in [-0.05, 0) is 31.0 Å². The average Bonchev–Trinajstić information content (AvgIpc) is 3.04. The fourth-order valence-corrected chi connectivity index (χ4v) is 1.96. The molecule has 1 fully saturated rings. The van der Waals surface area contributed by atoms with E-state index in [1.165, 1.54) is 32.0 Å². The molecule has 1 aliphatic carbocycles. The molecule has 0 bridgehead atoms. The minimum atomic E-state index is -0.443. The van der Waals surface area contributed by atoms with Crippen molar-refractivity contribution in [2.45, 2.75) is 32.7 Å². The van der Waals surface area contributed by atoms with Gasteiger partial charge in [-0.3, -0.25) is 9.59 Å². The molecule has 18 heavy (non-hydrogen) atoms. The lowest BCUT2D eigenvalue weighted by Crippen LogP contribution is -2.31. The van der Waals surface area contributed by atoms with Gasteiger partial charge in [0.2, 0.25) is 11.8 Å². The molecule has 2 amide bonds. The van der Waals surface area contributed by atoms with E-state index in [4.69, 9.17) is 0 Å². The zero-order valence-corrected chi connectivity index (χ0v) is 10.4. The summed E-state index contributed by atoms with van der Waals surface area (Å²) in [6.07, 6.45) is 1.88.